The minimum Gasteiger partial charge on any atom is -0.397 e. The highest BCUT2D eigenvalue weighted by Gasteiger charge is 2.44. The monoisotopic (exact) mass is 294 g/mol. The molecular weight excluding hydrogens is 272 g/mol. The number of anilines is 1. The Morgan fingerprint density at radius 3 is 2.41 bits per heavy atom. The van der Waals surface area contributed by atoms with Crippen LogP contribution in [0, 0.1) is 13.8 Å². The van der Waals surface area contributed by atoms with E-state index in [0.29, 0.717) is 11.4 Å². The molecule has 0 atom stereocenters. The van der Waals surface area contributed by atoms with Gasteiger partial charge in [0.05, 0.1) is 11.1 Å². The van der Waals surface area contributed by atoms with Crippen LogP contribution >= 0.6 is 0 Å². The highest BCUT2D eigenvalue weighted by molar-refractivity contribution is 6.06. The van der Waals surface area contributed by atoms with Gasteiger partial charge in [0.15, 0.2) is 5.78 Å². The van der Waals surface area contributed by atoms with Crippen molar-refractivity contribution in [3.63, 3.8) is 0 Å². The van der Waals surface area contributed by atoms with Gasteiger partial charge in [-0.2, -0.15) is 0 Å². The average molecular weight is 294 g/mol. The SMILES string of the molecule is Cc1cc(C)c(N)c(C(=O)C2(c3ccccc3)CCCC2)n1. The lowest BCUT2D eigenvalue weighted by atomic mass is 9.74. The van der Waals surface area contributed by atoms with Crippen molar-refractivity contribution in [2.24, 2.45) is 0 Å². The van der Waals surface area contributed by atoms with Gasteiger partial charge in [0, 0.05) is 5.69 Å². The number of hydrogen-bond acceptors (Lipinski definition) is 3. The number of nitrogen functional groups attached to an aromatic ring is 1. The van der Waals surface area contributed by atoms with E-state index in [1.807, 2.05) is 38.1 Å². The zero-order valence-electron chi connectivity index (χ0n) is 13.2. The first-order valence-electron chi connectivity index (χ1n) is 7.89. The minimum absolute atomic E-state index is 0.0838. The molecule has 0 unspecified atom stereocenters. The van der Waals surface area contributed by atoms with E-state index in [1.165, 1.54) is 0 Å². The maximum atomic E-state index is 13.4. The number of pyridine rings is 1. The molecule has 1 aromatic heterocycles. The van der Waals surface area contributed by atoms with Crippen molar-refractivity contribution in [1.29, 1.82) is 0 Å². The zero-order chi connectivity index (χ0) is 15.7. The lowest BCUT2D eigenvalue weighted by molar-refractivity contribution is 0.0881. The molecule has 22 heavy (non-hydrogen) atoms. The second kappa shape index (κ2) is 5.56. The Hall–Kier alpha value is -2.16. The second-order valence-corrected chi connectivity index (χ2v) is 6.33. The molecule has 0 saturated heterocycles. The number of Topliss-reactive ketones (excluding diaryl/α,β-unsaturated/α-hetero) is 1. The molecule has 0 bridgehead atoms. The van der Waals surface area contributed by atoms with E-state index < -0.39 is 5.41 Å². The van der Waals surface area contributed by atoms with Crippen LogP contribution in [0.25, 0.3) is 0 Å². The zero-order valence-corrected chi connectivity index (χ0v) is 13.2. The van der Waals surface area contributed by atoms with E-state index >= 15 is 0 Å². The first-order valence-corrected chi connectivity index (χ1v) is 7.89. The van der Waals surface area contributed by atoms with Crippen LogP contribution < -0.4 is 5.73 Å². The van der Waals surface area contributed by atoms with Crippen molar-refractivity contribution in [3.8, 4) is 0 Å². The number of nitrogens with zero attached hydrogens (tertiary/aromatic N) is 1. The molecule has 1 aromatic carbocycles. The standard InChI is InChI=1S/C19H22N2O/c1-13-12-14(2)21-17(16(13)20)18(22)19(10-6-7-11-19)15-8-4-3-5-9-15/h3-5,8-9,12H,6-7,10-11,20H2,1-2H3. The van der Waals surface area contributed by atoms with E-state index in [9.17, 15) is 4.79 Å². The Morgan fingerprint density at radius 2 is 1.77 bits per heavy atom. The molecule has 2 N–H and O–H groups in total. The molecule has 0 spiro atoms. The summed E-state index contributed by atoms with van der Waals surface area (Å²) in [7, 11) is 0. The van der Waals surface area contributed by atoms with E-state index in [2.05, 4.69) is 17.1 Å². The van der Waals surface area contributed by atoms with Crippen LogP contribution in [0.1, 0.15) is 53.0 Å². The number of rotatable bonds is 3. The summed E-state index contributed by atoms with van der Waals surface area (Å²) in [5, 5.41) is 0. The average Bonchev–Trinajstić information content (AvgIpc) is 3.02. The third-order valence-electron chi connectivity index (χ3n) is 4.83. The lowest BCUT2D eigenvalue weighted by Crippen LogP contribution is -2.34. The van der Waals surface area contributed by atoms with Crippen LogP contribution in [-0.2, 0) is 5.41 Å². The van der Waals surface area contributed by atoms with E-state index in [4.69, 9.17) is 5.73 Å². The van der Waals surface area contributed by atoms with Crippen molar-refractivity contribution in [3.05, 3.63) is 58.9 Å². The van der Waals surface area contributed by atoms with Gasteiger partial charge in [-0.15, -0.1) is 0 Å². The Balaban J connectivity index is 2.13. The van der Waals surface area contributed by atoms with Crippen LogP contribution in [0.2, 0.25) is 0 Å². The molecule has 2 aromatic rings. The summed E-state index contributed by atoms with van der Waals surface area (Å²) in [4.78, 5) is 17.8. The third-order valence-corrected chi connectivity index (χ3v) is 4.83. The number of benzene rings is 1. The van der Waals surface area contributed by atoms with E-state index in [0.717, 1.165) is 42.5 Å². The van der Waals surface area contributed by atoms with Crippen LogP contribution in [0.4, 0.5) is 5.69 Å². The maximum Gasteiger partial charge on any atom is 0.193 e. The van der Waals surface area contributed by atoms with E-state index in [-0.39, 0.29) is 5.78 Å². The fourth-order valence-electron chi connectivity index (χ4n) is 3.63. The molecule has 3 nitrogen and oxygen atoms in total. The highest BCUT2D eigenvalue weighted by atomic mass is 16.1. The molecule has 1 heterocycles. The summed E-state index contributed by atoms with van der Waals surface area (Å²) in [6.45, 7) is 3.84. The van der Waals surface area contributed by atoms with Crippen LogP contribution in [0.5, 0.6) is 0 Å². The third kappa shape index (κ3) is 2.31. The first kappa shape index (κ1) is 14.8. The molecule has 1 fully saturated rings. The number of nitrogens with two attached hydrogens (primary N) is 1. The normalized spacial score (nSPS) is 16.6. The Morgan fingerprint density at radius 1 is 1.14 bits per heavy atom. The Labute approximate surface area is 131 Å². The highest BCUT2D eigenvalue weighted by Crippen LogP contribution is 2.44. The van der Waals surface area contributed by atoms with Gasteiger partial charge in [-0.1, -0.05) is 43.2 Å². The van der Waals surface area contributed by atoms with E-state index in [1.54, 1.807) is 0 Å². The number of aromatic nitrogens is 1. The van der Waals surface area contributed by atoms with Crippen LogP contribution in [0.3, 0.4) is 0 Å². The molecule has 3 rings (SSSR count). The minimum atomic E-state index is -0.456. The molecule has 3 heteroatoms. The Bertz CT molecular complexity index is 701. The van der Waals surface area contributed by atoms with Gasteiger partial charge < -0.3 is 5.73 Å². The molecule has 0 aliphatic heterocycles. The second-order valence-electron chi connectivity index (χ2n) is 6.33. The van der Waals surface area contributed by atoms with Crippen molar-refractivity contribution in [2.75, 3.05) is 5.73 Å². The van der Waals surface area contributed by atoms with Crippen molar-refractivity contribution < 1.29 is 4.79 Å². The predicted octanol–water partition coefficient (Wildman–Crippen LogP) is 3.98. The maximum absolute atomic E-state index is 13.4. The number of aryl methyl sites for hydroxylation is 2. The fraction of sp³-hybridized carbons (Fsp3) is 0.368. The molecule has 114 valence electrons. The van der Waals surface area contributed by atoms with Gasteiger partial charge in [0.2, 0.25) is 0 Å². The topological polar surface area (TPSA) is 56.0 Å². The van der Waals surface area contributed by atoms with Gasteiger partial charge in [-0.3, -0.25) is 4.79 Å². The summed E-state index contributed by atoms with van der Waals surface area (Å²) in [5.74, 6) is 0.0838. The van der Waals surface area contributed by atoms with Crippen molar-refractivity contribution in [1.82, 2.24) is 4.98 Å². The lowest BCUT2D eigenvalue weighted by Gasteiger charge is -2.28. The quantitative estimate of drug-likeness (QED) is 0.871. The number of carbonyl (C=O) groups excluding carboxylic acids is 1. The summed E-state index contributed by atoms with van der Waals surface area (Å²) >= 11 is 0. The number of carbonyl (C=O) groups is 1. The largest absolute Gasteiger partial charge is 0.397 e. The fourth-order valence-corrected chi connectivity index (χ4v) is 3.63. The summed E-state index contributed by atoms with van der Waals surface area (Å²) in [6.07, 6.45) is 3.91. The van der Waals surface area contributed by atoms with Gasteiger partial charge >= 0.3 is 0 Å². The molecule has 0 radical (unpaired) electrons. The smallest absolute Gasteiger partial charge is 0.193 e. The Kier molecular flexibility index (Phi) is 3.73. The predicted molar refractivity (Wildman–Crippen MR) is 89.0 cm³/mol. The molecule has 1 aliphatic rings. The first-order chi connectivity index (χ1) is 10.5. The van der Waals surface area contributed by atoms with Crippen molar-refractivity contribution in [2.45, 2.75) is 44.9 Å². The van der Waals surface area contributed by atoms with Crippen molar-refractivity contribution >= 4 is 11.5 Å². The van der Waals surface area contributed by atoms with Gasteiger partial charge in [0.1, 0.15) is 5.69 Å². The van der Waals surface area contributed by atoms with Crippen LogP contribution in [0.15, 0.2) is 36.4 Å². The number of hydrogen-bond donors (Lipinski definition) is 1. The van der Waals surface area contributed by atoms with Crippen LogP contribution in [-0.4, -0.2) is 10.8 Å². The molecule has 0 amide bonds. The summed E-state index contributed by atoms with van der Waals surface area (Å²) < 4.78 is 0. The molecule has 1 saturated carbocycles. The van der Waals surface area contributed by atoms with Gasteiger partial charge in [0.25, 0.3) is 0 Å². The summed E-state index contributed by atoms with van der Waals surface area (Å²) in [6, 6.07) is 12.0. The summed E-state index contributed by atoms with van der Waals surface area (Å²) in [5.41, 5.74) is 9.56. The molecular formula is C19H22N2O. The van der Waals surface area contributed by atoms with Gasteiger partial charge in [-0.25, -0.2) is 4.98 Å². The molecule has 1 aliphatic carbocycles. The number of ketones is 1. The van der Waals surface area contributed by atoms with Gasteiger partial charge in [-0.05, 0) is 43.9 Å².